The molecule has 0 saturated heterocycles. The average Bonchev–Trinajstić information content (AvgIpc) is 2.41. The van der Waals surface area contributed by atoms with Gasteiger partial charge in [-0.15, -0.1) is 0 Å². The molecule has 2 nitrogen and oxygen atoms in total. The van der Waals surface area contributed by atoms with E-state index in [1.54, 1.807) is 0 Å². The summed E-state index contributed by atoms with van der Waals surface area (Å²) < 4.78 is 5.67. The van der Waals surface area contributed by atoms with Gasteiger partial charge in [-0.2, -0.15) is 0 Å². The van der Waals surface area contributed by atoms with Crippen LogP contribution in [0.15, 0.2) is 24.3 Å². The van der Waals surface area contributed by atoms with E-state index in [0.29, 0.717) is 18.1 Å². The summed E-state index contributed by atoms with van der Waals surface area (Å²) in [5, 5.41) is 3.50. The van der Waals surface area contributed by atoms with E-state index < -0.39 is 0 Å². The quantitative estimate of drug-likeness (QED) is 0.768. The van der Waals surface area contributed by atoms with Crippen molar-refractivity contribution >= 4 is 0 Å². The van der Waals surface area contributed by atoms with Crippen molar-refractivity contribution in [3.63, 3.8) is 0 Å². The Labute approximate surface area is 130 Å². The van der Waals surface area contributed by atoms with Crippen LogP contribution >= 0.6 is 0 Å². The highest BCUT2D eigenvalue weighted by Gasteiger charge is 2.31. The number of hydrogen-bond donors (Lipinski definition) is 1. The average molecular weight is 289 g/mol. The third-order valence-electron chi connectivity index (χ3n) is 4.51. The monoisotopic (exact) mass is 289 g/mol. The number of hydrogen-bond acceptors (Lipinski definition) is 2. The first kappa shape index (κ1) is 16.5. The molecule has 1 aromatic rings. The highest BCUT2D eigenvalue weighted by atomic mass is 16.5. The molecule has 0 spiro atoms. The summed E-state index contributed by atoms with van der Waals surface area (Å²) in [7, 11) is 2.08. The summed E-state index contributed by atoms with van der Waals surface area (Å²) in [4.78, 5) is 0. The van der Waals surface area contributed by atoms with Crippen LogP contribution in [0.4, 0.5) is 0 Å². The molecule has 1 aliphatic rings. The summed E-state index contributed by atoms with van der Waals surface area (Å²) in [6, 6.07) is 9.60. The van der Waals surface area contributed by atoms with Gasteiger partial charge in [0.1, 0.15) is 0 Å². The van der Waals surface area contributed by atoms with Crippen molar-refractivity contribution in [1.82, 2.24) is 5.32 Å². The zero-order chi connectivity index (χ0) is 15.2. The van der Waals surface area contributed by atoms with Gasteiger partial charge in [-0.1, -0.05) is 38.1 Å². The van der Waals surface area contributed by atoms with Gasteiger partial charge in [0.2, 0.25) is 0 Å². The van der Waals surface area contributed by atoms with Crippen molar-refractivity contribution in [1.29, 1.82) is 0 Å². The van der Waals surface area contributed by atoms with E-state index in [1.165, 1.54) is 36.8 Å². The Morgan fingerprint density at radius 3 is 2.67 bits per heavy atom. The largest absolute Gasteiger partial charge is 0.378 e. The first-order valence-corrected chi connectivity index (χ1v) is 8.50. The van der Waals surface area contributed by atoms with Crippen LogP contribution in [0.1, 0.15) is 57.2 Å². The van der Waals surface area contributed by atoms with Crippen molar-refractivity contribution in [2.45, 2.75) is 58.6 Å². The van der Waals surface area contributed by atoms with E-state index in [1.807, 2.05) is 0 Å². The molecule has 1 unspecified atom stereocenters. The lowest BCUT2D eigenvalue weighted by Gasteiger charge is -2.37. The number of nitrogens with one attached hydrogen (secondary N) is 1. The molecular formula is C19H31NO. The molecule has 0 heterocycles. The van der Waals surface area contributed by atoms with Gasteiger partial charge >= 0.3 is 0 Å². The molecule has 21 heavy (non-hydrogen) atoms. The molecule has 2 heteroatoms. The van der Waals surface area contributed by atoms with Crippen molar-refractivity contribution in [3.8, 4) is 0 Å². The van der Waals surface area contributed by atoms with Crippen LogP contribution in [0, 0.1) is 11.8 Å². The Kier molecular flexibility index (Phi) is 6.25. The Morgan fingerprint density at radius 2 is 2.05 bits per heavy atom. The lowest BCUT2D eigenvalue weighted by molar-refractivity contribution is -0.0289. The molecule has 0 aromatic heterocycles. The second-order valence-corrected chi connectivity index (χ2v) is 6.83. The summed E-state index contributed by atoms with van der Waals surface area (Å²) in [6.07, 6.45) is 5.38. The molecule has 1 fully saturated rings. The van der Waals surface area contributed by atoms with Gasteiger partial charge in [0.15, 0.2) is 0 Å². The van der Waals surface area contributed by atoms with Crippen molar-refractivity contribution in [2.75, 3.05) is 13.7 Å². The predicted octanol–water partition coefficient (Wildman–Crippen LogP) is 4.35. The molecule has 0 amide bonds. The predicted molar refractivity (Wildman–Crippen MR) is 89.5 cm³/mol. The minimum atomic E-state index is 0.477. The summed E-state index contributed by atoms with van der Waals surface area (Å²) in [6.45, 7) is 7.50. The first-order valence-electron chi connectivity index (χ1n) is 8.50. The van der Waals surface area contributed by atoms with Crippen LogP contribution in [0.25, 0.3) is 0 Å². The fourth-order valence-corrected chi connectivity index (χ4v) is 3.40. The van der Waals surface area contributed by atoms with Crippen LogP contribution in [-0.4, -0.2) is 19.8 Å². The molecule has 1 N–H and O–H groups in total. The molecule has 1 aromatic carbocycles. The summed E-state index contributed by atoms with van der Waals surface area (Å²) >= 11 is 0. The van der Waals surface area contributed by atoms with Crippen LogP contribution < -0.4 is 5.32 Å². The molecule has 0 aliphatic heterocycles. The van der Waals surface area contributed by atoms with E-state index in [2.05, 4.69) is 57.4 Å². The lowest BCUT2D eigenvalue weighted by Crippen LogP contribution is -2.34. The first-order chi connectivity index (χ1) is 10.1. The molecule has 118 valence electrons. The van der Waals surface area contributed by atoms with Crippen LogP contribution in [-0.2, 0) is 11.2 Å². The van der Waals surface area contributed by atoms with E-state index in [-0.39, 0.29) is 0 Å². The number of ether oxygens (including phenoxy) is 1. The maximum absolute atomic E-state index is 5.67. The molecule has 1 atom stereocenters. The van der Waals surface area contributed by atoms with Crippen molar-refractivity contribution in [3.05, 3.63) is 35.4 Å². The molecule has 1 aliphatic carbocycles. The second kappa shape index (κ2) is 7.95. The standard InChI is InChI=1S/C19H31NO/c1-5-21-18-11-16(12-18)13-19(20-4)17-8-6-7-15(10-17)9-14(2)3/h6-8,10,14,16,18-20H,5,9,11-13H2,1-4H3. The van der Waals surface area contributed by atoms with Crippen LogP contribution in [0.2, 0.25) is 0 Å². The Morgan fingerprint density at radius 1 is 1.29 bits per heavy atom. The Hall–Kier alpha value is -0.860. The minimum absolute atomic E-state index is 0.477. The number of benzene rings is 1. The maximum atomic E-state index is 5.67. The topological polar surface area (TPSA) is 21.3 Å². The maximum Gasteiger partial charge on any atom is 0.0580 e. The van der Waals surface area contributed by atoms with E-state index in [9.17, 15) is 0 Å². The molecule has 0 radical (unpaired) electrons. The highest BCUT2D eigenvalue weighted by molar-refractivity contribution is 5.26. The fraction of sp³-hybridized carbons (Fsp3) is 0.684. The van der Waals surface area contributed by atoms with Gasteiger partial charge in [0, 0.05) is 12.6 Å². The van der Waals surface area contributed by atoms with E-state index in [0.717, 1.165) is 12.5 Å². The van der Waals surface area contributed by atoms with Gasteiger partial charge in [-0.25, -0.2) is 0 Å². The Bertz CT molecular complexity index is 423. The van der Waals surface area contributed by atoms with Gasteiger partial charge in [0.25, 0.3) is 0 Å². The smallest absolute Gasteiger partial charge is 0.0580 e. The molecular weight excluding hydrogens is 258 g/mol. The summed E-state index contributed by atoms with van der Waals surface area (Å²) in [5.41, 5.74) is 2.90. The lowest BCUT2D eigenvalue weighted by atomic mass is 9.77. The van der Waals surface area contributed by atoms with Gasteiger partial charge in [-0.05, 0) is 62.6 Å². The van der Waals surface area contributed by atoms with Gasteiger partial charge < -0.3 is 10.1 Å². The normalized spacial score (nSPS) is 23.1. The molecule has 2 rings (SSSR count). The van der Waals surface area contributed by atoms with E-state index in [4.69, 9.17) is 4.74 Å². The minimum Gasteiger partial charge on any atom is -0.378 e. The third-order valence-corrected chi connectivity index (χ3v) is 4.51. The Balaban J connectivity index is 1.92. The summed E-state index contributed by atoms with van der Waals surface area (Å²) in [5.74, 6) is 1.53. The van der Waals surface area contributed by atoms with Crippen molar-refractivity contribution < 1.29 is 4.74 Å². The molecule has 0 bridgehead atoms. The fourth-order valence-electron chi connectivity index (χ4n) is 3.40. The SMILES string of the molecule is CCOC1CC(CC(NC)c2cccc(CC(C)C)c2)C1. The zero-order valence-corrected chi connectivity index (χ0v) is 14.1. The van der Waals surface area contributed by atoms with Gasteiger partial charge in [0.05, 0.1) is 6.10 Å². The molecule has 1 saturated carbocycles. The van der Waals surface area contributed by atoms with Crippen LogP contribution in [0.5, 0.6) is 0 Å². The van der Waals surface area contributed by atoms with Crippen molar-refractivity contribution in [2.24, 2.45) is 11.8 Å². The second-order valence-electron chi connectivity index (χ2n) is 6.83. The zero-order valence-electron chi connectivity index (χ0n) is 14.1. The van der Waals surface area contributed by atoms with E-state index >= 15 is 0 Å². The number of rotatable bonds is 8. The highest BCUT2D eigenvalue weighted by Crippen LogP contribution is 2.37. The van der Waals surface area contributed by atoms with Gasteiger partial charge in [-0.3, -0.25) is 0 Å². The van der Waals surface area contributed by atoms with Crippen LogP contribution in [0.3, 0.4) is 0 Å². The third kappa shape index (κ3) is 4.82.